The standard InChI is InChI=1S/C16H13BrN2O2/c1-21-16(20)11-5-6-12(18-9-11)10-19-8-7-13-14(17)3-2-4-15(13)19/h2-9H,10H2,1H3. The Morgan fingerprint density at radius 3 is 2.86 bits per heavy atom. The number of hydrogen-bond acceptors (Lipinski definition) is 3. The average Bonchev–Trinajstić information content (AvgIpc) is 2.92. The summed E-state index contributed by atoms with van der Waals surface area (Å²) in [6.45, 7) is 0.654. The molecule has 0 spiro atoms. The van der Waals surface area contributed by atoms with Crippen molar-refractivity contribution in [2.45, 2.75) is 6.54 Å². The molecule has 106 valence electrons. The molecule has 0 aliphatic heterocycles. The van der Waals surface area contributed by atoms with Crippen molar-refractivity contribution in [3.05, 3.63) is 64.5 Å². The molecule has 0 aliphatic carbocycles. The average molecular weight is 345 g/mol. The minimum Gasteiger partial charge on any atom is -0.465 e. The van der Waals surface area contributed by atoms with E-state index in [2.05, 4.69) is 42.4 Å². The highest BCUT2D eigenvalue weighted by Crippen LogP contribution is 2.25. The lowest BCUT2D eigenvalue weighted by Crippen LogP contribution is -2.04. The number of benzene rings is 1. The minimum absolute atomic E-state index is 0.371. The Bertz CT molecular complexity index is 794. The molecule has 3 aromatic rings. The Hall–Kier alpha value is -2.14. The number of carbonyl (C=O) groups is 1. The van der Waals surface area contributed by atoms with Crippen LogP contribution in [0.1, 0.15) is 16.1 Å². The van der Waals surface area contributed by atoms with Crippen LogP contribution >= 0.6 is 15.9 Å². The largest absolute Gasteiger partial charge is 0.465 e. The van der Waals surface area contributed by atoms with Crippen LogP contribution < -0.4 is 0 Å². The molecule has 0 aliphatic rings. The molecule has 3 rings (SSSR count). The first-order valence-corrected chi connectivity index (χ1v) is 7.25. The summed E-state index contributed by atoms with van der Waals surface area (Å²) in [5, 5.41) is 1.17. The SMILES string of the molecule is COC(=O)c1ccc(Cn2ccc3c(Br)cccc32)nc1. The molecule has 2 aromatic heterocycles. The molecule has 0 amide bonds. The number of fused-ring (bicyclic) bond motifs is 1. The molecule has 2 heterocycles. The number of halogens is 1. The number of pyridine rings is 1. The number of rotatable bonds is 3. The van der Waals surface area contributed by atoms with E-state index in [-0.39, 0.29) is 5.97 Å². The van der Waals surface area contributed by atoms with Crippen molar-refractivity contribution in [1.82, 2.24) is 9.55 Å². The number of nitrogens with zero attached hydrogens (tertiary/aromatic N) is 2. The van der Waals surface area contributed by atoms with E-state index >= 15 is 0 Å². The Morgan fingerprint density at radius 1 is 1.29 bits per heavy atom. The summed E-state index contributed by atoms with van der Waals surface area (Å²) >= 11 is 3.55. The van der Waals surface area contributed by atoms with Gasteiger partial charge in [-0.1, -0.05) is 22.0 Å². The van der Waals surface area contributed by atoms with Gasteiger partial charge in [-0.05, 0) is 30.3 Å². The Labute approximate surface area is 130 Å². The second-order valence-electron chi connectivity index (χ2n) is 4.65. The third kappa shape index (κ3) is 2.69. The van der Waals surface area contributed by atoms with Crippen LogP contribution in [-0.2, 0) is 11.3 Å². The third-order valence-electron chi connectivity index (χ3n) is 3.34. The normalized spacial score (nSPS) is 10.8. The topological polar surface area (TPSA) is 44.1 Å². The number of esters is 1. The number of ether oxygens (including phenoxy) is 1. The van der Waals surface area contributed by atoms with E-state index in [1.165, 1.54) is 12.5 Å². The maximum absolute atomic E-state index is 11.4. The fraction of sp³-hybridized carbons (Fsp3) is 0.125. The number of aromatic nitrogens is 2. The molecule has 4 nitrogen and oxygen atoms in total. The zero-order valence-electron chi connectivity index (χ0n) is 11.4. The molecular formula is C16H13BrN2O2. The molecule has 0 saturated heterocycles. The van der Waals surface area contributed by atoms with Gasteiger partial charge in [-0.15, -0.1) is 0 Å². The maximum Gasteiger partial charge on any atom is 0.339 e. The van der Waals surface area contributed by atoms with Gasteiger partial charge in [0.1, 0.15) is 0 Å². The molecule has 1 aromatic carbocycles. The lowest BCUT2D eigenvalue weighted by molar-refractivity contribution is 0.0600. The molecule has 0 N–H and O–H groups in total. The second kappa shape index (κ2) is 5.69. The summed E-state index contributed by atoms with van der Waals surface area (Å²) in [6.07, 6.45) is 3.58. The molecule has 5 heteroatoms. The van der Waals surface area contributed by atoms with Gasteiger partial charge in [0.25, 0.3) is 0 Å². The van der Waals surface area contributed by atoms with Crippen LogP contribution in [0.3, 0.4) is 0 Å². The molecule has 0 bridgehead atoms. The first-order chi connectivity index (χ1) is 10.2. The van der Waals surface area contributed by atoms with Gasteiger partial charge in [-0.2, -0.15) is 0 Å². The third-order valence-corrected chi connectivity index (χ3v) is 4.03. The molecule has 0 radical (unpaired) electrons. The Balaban J connectivity index is 1.88. The molecule has 0 fully saturated rings. The van der Waals surface area contributed by atoms with E-state index in [1.807, 2.05) is 24.4 Å². The van der Waals surface area contributed by atoms with Gasteiger partial charge >= 0.3 is 5.97 Å². The monoisotopic (exact) mass is 344 g/mol. The molecule has 0 saturated carbocycles. The summed E-state index contributed by atoms with van der Waals surface area (Å²) in [5.74, 6) is -0.371. The zero-order valence-corrected chi connectivity index (χ0v) is 13.0. The highest BCUT2D eigenvalue weighted by Gasteiger charge is 2.07. The fourth-order valence-electron chi connectivity index (χ4n) is 2.25. The molecular weight excluding hydrogens is 332 g/mol. The quantitative estimate of drug-likeness (QED) is 0.681. The second-order valence-corrected chi connectivity index (χ2v) is 5.50. The van der Waals surface area contributed by atoms with Crippen molar-refractivity contribution in [1.29, 1.82) is 0 Å². The van der Waals surface area contributed by atoms with Gasteiger partial charge in [0.05, 0.1) is 24.9 Å². The summed E-state index contributed by atoms with van der Waals surface area (Å²) < 4.78 is 7.87. The van der Waals surface area contributed by atoms with Gasteiger partial charge < -0.3 is 9.30 Å². The summed E-state index contributed by atoms with van der Waals surface area (Å²) in [6, 6.07) is 11.8. The lowest BCUT2D eigenvalue weighted by atomic mass is 10.2. The number of carbonyl (C=O) groups excluding carboxylic acids is 1. The van der Waals surface area contributed by atoms with Crippen LogP contribution in [-0.4, -0.2) is 22.6 Å². The van der Waals surface area contributed by atoms with Crippen LogP contribution in [0.5, 0.6) is 0 Å². The van der Waals surface area contributed by atoms with Crippen LogP contribution in [0.4, 0.5) is 0 Å². The smallest absolute Gasteiger partial charge is 0.339 e. The van der Waals surface area contributed by atoms with E-state index < -0.39 is 0 Å². The van der Waals surface area contributed by atoms with Crippen LogP contribution in [0.25, 0.3) is 10.9 Å². The predicted molar refractivity (Wildman–Crippen MR) is 84.3 cm³/mol. The van der Waals surface area contributed by atoms with E-state index in [0.717, 1.165) is 15.7 Å². The van der Waals surface area contributed by atoms with Crippen LogP contribution in [0.15, 0.2) is 53.3 Å². The summed E-state index contributed by atoms with van der Waals surface area (Å²) in [5.41, 5.74) is 2.49. The lowest BCUT2D eigenvalue weighted by Gasteiger charge is -2.06. The molecule has 0 unspecified atom stereocenters. The van der Waals surface area contributed by atoms with Crippen molar-refractivity contribution in [3.63, 3.8) is 0 Å². The van der Waals surface area contributed by atoms with Gasteiger partial charge in [-0.3, -0.25) is 4.98 Å². The van der Waals surface area contributed by atoms with E-state index in [1.54, 1.807) is 12.3 Å². The highest BCUT2D eigenvalue weighted by atomic mass is 79.9. The predicted octanol–water partition coefficient (Wildman–Crippen LogP) is 3.63. The number of hydrogen-bond donors (Lipinski definition) is 0. The van der Waals surface area contributed by atoms with Gasteiger partial charge in [0.2, 0.25) is 0 Å². The van der Waals surface area contributed by atoms with E-state index in [4.69, 9.17) is 0 Å². The summed E-state index contributed by atoms with van der Waals surface area (Å²) in [4.78, 5) is 15.7. The molecule has 21 heavy (non-hydrogen) atoms. The minimum atomic E-state index is -0.371. The number of methoxy groups -OCH3 is 1. The zero-order chi connectivity index (χ0) is 14.8. The molecule has 0 atom stereocenters. The van der Waals surface area contributed by atoms with Gasteiger partial charge in [0, 0.05) is 27.8 Å². The van der Waals surface area contributed by atoms with Crippen LogP contribution in [0.2, 0.25) is 0 Å². The van der Waals surface area contributed by atoms with Crippen molar-refractivity contribution in [2.75, 3.05) is 7.11 Å². The van der Waals surface area contributed by atoms with Gasteiger partial charge in [0.15, 0.2) is 0 Å². The summed E-state index contributed by atoms with van der Waals surface area (Å²) in [7, 11) is 1.36. The maximum atomic E-state index is 11.4. The van der Waals surface area contributed by atoms with E-state index in [9.17, 15) is 4.79 Å². The fourth-order valence-corrected chi connectivity index (χ4v) is 2.74. The Morgan fingerprint density at radius 2 is 2.14 bits per heavy atom. The Kier molecular flexibility index (Phi) is 3.75. The van der Waals surface area contributed by atoms with Crippen molar-refractivity contribution in [2.24, 2.45) is 0 Å². The highest BCUT2D eigenvalue weighted by molar-refractivity contribution is 9.10. The van der Waals surface area contributed by atoms with Gasteiger partial charge in [-0.25, -0.2) is 4.79 Å². The van der Waals surface area contributed by atoms with Crippen LogP contribution in [0, 0.1) is 0 Å². The first-order valence-electron chi connectivity index (χ1n) is 6.45. The van der Waals surface area contributed by atoms with E-state index in [0.29, 0.717) is 12.1 Å². The first kappa shape index (κ1) is 13.8. The van der Waals surface area contributed by atoms with Crippen molar-refractivity contribution < 1.29 is 9.53 Å². The van der Waals surface area contributed by atoms with Crippen molar-refractivity contribution >= 4 is 32.8 Å². The van der Waals surface area contributed by atoms with Crippen molar-refractivity contribution in [3.8, 4) is 0 Å².